The molecule has 0 unspecified atom stereocenters. The number of hydrogen-bond donors (Lipinski definition) is 1. The van der Waals surface area contributed by atoms with Crippen molar-refractivity contribution >= 4 is 33.8 Å². The number of carbonyl (C=O) groups is 2. The number of amides is 2. The second-order valence-corrected chi connectivity index (χ2v) is 8.02. The van der Waals surface area contributed by atoms with Crippen LogP contribution in [0, 0.1) is 12.8 Å². The maximum atomic E-state index is 12.5. The molecule has 3 rings (SSSR count). The third-order valence-electron chi connectivity index (χ3n) is 5.05. The highest BCUT2D eigenvalue weighted by atomic mass is 79.9. The van der Waals surface area contributed by atoms with Crippen molar-refractivity contribution in [1.29, 1.82) is 0 Å². The van der Waals surface area contributed by atoms with Gasteiger partial charge in [0.15, 0.2) is 0 Å². The largest absolute Gasteiger partial charge is 0.352 e. The smallest absolute Gasteiger partial charge is 0.246 e. The van der Waals surface area contributed by atoms with Crippen molar-refractivity contribution in [3.63, 3.8) is 0 Å². The van der Waals surface area contributed by atoms with E-state index in [-0.39, 0.29) is 17.7 Å². The van der Waals surface area contributed by atoms with Crippen LogP contribution in [0.1, 0.15) is 29.5 Å². The highest BCUT2D eigenvalue weighted by Crippen LogP contribution is 2.21. The SMILES string of the molecule is Cc1ccc(C=CC(=O)N2CCC(C(=O)NCc3ccccc3)CC2)c(Br)c1. The summed E-state index contributed by atoms with van der Waals surface area (Å²) in [5.74, 6) is 0.0497. The molecule has 2 aromatic carbocycles. The third kappa shape index (κ3) is 5.55. The molecule has 4 nitrogen and oxygen atoms in total. The number of rotatable bonds is 5. The maximum absolute atomic E-state index is 12.5. The molecule has 0 bridgehead atoms. The van der Waals surface area contributed by atoms with Gasteiger partial charge < -0.3 is 10.2 Å². The molecule has 146 valence electrons. The summed E-state index contributed by atoms with van der Waals surface area (Å²) in [6, 6.07) is 15.9. The van der Waals surface area contributed by atoms with Crippen molar-refractivity contribution in [2.75, 3.05) is 13.1 Å². The number of nitrogens with one attached hydrogen (secondary N) is 1. The minimum atomic E-state index is -0.0250. The molecule has 1 N–H and O–H groups in total. The van der Waals surface area contributed by atoms with E-state index in [0.29, 0.717) is 32.5 Å². The Balaban J connectivity index is 1.47. The Morgan fingerprint density at radius 3 is 2.54 bits per heavy atom. The quantitative estimate of drug-likeness (QED) is 0.703. The molecule has 0 atom stereocenters. The molecule has 0 spiro atoms. The predicted octanol–water partition coefficient (Wildman–Crippen LogP) is 4.33. The van der Waals surface area contributed by atoms with Gasteiger partial charge in [-0.25, -0.2) is 0 Å². The summed E-state index contributed by atoms with van der Waals surface area (Å²) in [7, 11) is 0. The van der Waals surface area contributed by atoms with Crippen LogP contribution in [0.3, 0.4) is 0 Å². The average Bonchev–Trinajstić information content (AvgIpc) is 2.72. The van der Waals surface area contributed by atoms with Crippen LogP contribution in [0.5, 0.6) is 0 Å². The first kappa shape index (κ1) is 20.3. The molecule has 2 aromatic rings. The van der Waals surface area contributed by atoms with Gasteiger partial charge >= 0.3 is 0 Å². The van der Waals surface area contributed by atoms with E-state index in [9.17, 15) is 9.59 Å². The first-order chi connectivity index (χ1) is 13.5. The fourth-order valence-electron chi connectivity index (χ4n) is 3.33. The Morgan fingerprint density at radius 2 is 1.86 bits per heavy atom. The summed E-state index contributed by atoms with van der Waals surface area (Å²) in [4.78, 5) is 26.7. The van der Waals surface area contributed by atoms with Gasteiger partial charge in [0.1, 0.15) is 0 Å². The zero-order chi connectivity index (χ0) is 19.9. The van der Waals surface area contributed by atoms with Crippen molar-refractivity contribution in [2.45, 2.75) is 26.3 Å². The van der Waals surface area contributed by atoms with Gasteiger partial charge in [-0.2, -0.15) is 0 Å². The van der Waals surface area contributed by atoms with Gasteiger partial charge in [-0.05, 0) is 48.6 Å². The number of benzene rings is 2. The van der Waals surface area contributed by atoms with Crippen molar-refractivity contribution in [1.82, 2.24) is 10.2 Å². The molecule has 1 heterocycles. The van der Waals surface area contributed by atoms with Crippen LogP contribution in [-0.4, -0.2) is 29.8 Å². The summed E-state index contributed by atoms with van der Waals surface area (Å²) >= 11 is 3.53. The molecule has 0 saturated carbocycles. The van der Waals surface area contributed by atoms with E-state index in [2.05, 4.69) is 21.2 Å². The maximum Gasteiger partial charge on any atom is 0.246 e. The zero-order valence-electron chi connectivity index (χ0n) is 16.0. The van der Waals surface area contributed by atoms with Gasteiger partial charge in [0, 0.05) is 36.1 Å². The van der Waals surface area contributed by atoms with E-state index in [4.69, 9.17) is 0 Å². The number of likely N-dealkylation sites (tertiary alicyclic amines) is 1. The molecular formula is C23H25BrN2O2. The third-order valence-corrected chi connectivity index (χ3v) is 5.74. The first-order valence-corrected chi connectivity index (χ1v) is 10.4. The lowest BCUT2D eigenvalue weighted by Crippen LogP contribution is -2.42. The van der Waals surface area contributed by atoms with Gasteiger partial charge in [-0.1, -0.05) is 58.4 Å². The van der Waals surface area contributed by atoms with Crippen LogP contribution in [0.25, 0.3) is 6.08 Å². The molecule has 0 radical (unpaired) electrons. The molecule has 0 aliphatic carbocycles. The monoisotopic (exact) mass is 440 g/mol. The number of carbonyl (C=O) groups excluding carboxylic acids is 2. The Hall–Kier alpha value is -2.40. The van der Waals surface area contributed by atoms with Crippen LogP contribution in [0.15, 0.2) is 59.1 Å². The minimum absolute atomic E-state index is 0.00406. The number of nitrogens with zero attached hydrogens (tertiary/aromatic N) is 1. The molecule has 1 fully saturated rings. The van der Waals surface area contributed by atoms with Gasteiger partial charge in [-0.15, -0.1) is 0 Å². The normalized spacial score (nSPS) is 15.0. The van der Waals surface area contributed by atoms with E-state index in [1.807, 2.05) is 66.4 Å². The van der Waals surface area contributed by atoms with E-state index in [1.165, 1.54) is 5.56 Å². The van der Waals surface area contributed by atoms with Crippen LogP contribution in [0.4, 0.5) is 0 Å². The molecule has 2 amide bonds. The summed E-state index contributed by atoms with van der Waals surface area (Å²) < 4.78 is 0.977. The van der Waals surface area contributed by atoms with Crippen molar-refractivity contribution in [2.24, 2.45) is 5.92 Å². The molecule has 28 heavy (non-hydrogen) atoms. The zero-order valence-corrected chi connectivity index (χ0v) is 17.6. The van der Waals surface area contributed by atoms with E-state index in [1.54, 1.807) is 6.08 Å². The summed E-state index contributed by atoms with van der Waals surface area (Å²) in [5.41, 5.74) is 3.24. The van der Waals surface area contributed by atoms with Crippen molar-refractivity contribution < 1.29 is 9.59 Å². The molecule has 0 aromatic heterocycles. The average molecular weight is 441 g/mol. The fourth-order valence-corrected chi connectivity index (χ4v) is 3.95. The summed E-state index contributed by atoms with van der Waals surface area (Å²) in [6.45, 7) is 3.81. The number of aryl methyl sites for hydroxylation is 1. The molecule has 1 aliphatic heterocycles. The number of piperidine rings is 1. The Morgan fingerprint density at radius 1 is 1.14 bits per heavy atom. The highest BCUT2D eigenvalue weighted by molar-refractivity contribution is 9.10. The summed E-state index contributed by atoms with van der Waals surface area (Å²) in [6.07, 6.45) is 4.86. The van der Waals surface area contributed by atoms with Gasteiger partial charge in [0.05, 0.1) is 0 Å². The molecular weight excluding hydrogens is 416 g/mol. The standard InChI is InChI=1S/C23H25BrN2O2/c1-17-7-8-19(21(24)15-17)9-10-22(27)26-13-11-20(12-14-26)23(28)25-16-18-5-3-2-4-6-18/h2-10,15,20H,11-14,16H2,1H3,(H,25,28). The second kappa shape index (κ2) is 9.69. The van der Waals surface area contributed by atoms with E-state index in [0.717, 1.165) is 15.6 Å². The Kier molecular flexibility index (Phi) is 7.04. The highest BCUT2D eigenvalue weighted by Gasteiger charge is 2.26. The Labute approximate surface area is 174 Å². The lowest BCUT2D eigenvalue weighted by atomic mass is 9.95. The molecule has 5 heteroatoms. The molecule has 1 aliphatic rings. The van der Waals surface area contributed by atoms with Gasteiger partial charge in [0.25, 0.3) is 0 Å². The van der Waals surface area contributed by atoms with Gasteiger partial charge in [-0.3, -0.25) is 9.59 Å². The van der Waals surface area contributed by atoms with Crippen LogP contribution < -0.4 is 5.32 Å². The first-order valence-electron chi connectivity index (χ1n) is 9.57. The lowest BCUT2D eigenvalue weighted by molar-refractivity contribution is -0.132. The minimum Gasteiger partial charge on any atom is -0.352 e. The summed E-state index contributed by atoms with van der Waals surface area (Å²) in [5, 5.41) is 3.01. The van der Waals surface area contributed by atoms with Crippen molar-refractivity contribution in [3.05, 3.63) is 75.8 Å². The van der Waals surface area contributed by atoms with Gasteiger partial charge in [0.2, 0.25) is 11.8 Å². The van der Waals surface area contributed by atoms with Crippen LogP contribution in [-0.2, 0) is 16.1 Å². The van der Waals surface area contributed by atoms with E-state index >= 15 is 0 Å². The molecule has 1 saturated heterocycles. The number of halogens is 1. The Bertz CT molecular complexity index is 856. The lowest BCUT2D eigenvalue weighted by Gasteiger charge is -2.30. The number of hydrogen-bond acceptors (Lipinski definition) is 2. The second-order valence-electron chi connectivity index (χ2n) is 7.16. The topological polar surface area (TPSA) is 49.4 Å². The fraction of sp³-hybridized carbons (Fsp3) is 0.304. The van der Waals surface area contributed by atoms with Crippen LogP contribution >= 0.6 is 15.9 Å². The van der Waals surface area contributed by atoms with Crippen molar-refractivity contribution in [3.8, 4) is 0 Å². The van der Waals surface area contributed by atoms with E-state index < -0.39 is 0 Å². The predicted molar refractivity (Wildman–Crippen MR) is 116 cm³/mol. The van der Waals surface area contributed by atoms with Crippen LogP contribution in [0.2, 0.25) is 0 Å².